The fourth-order valence-electron chi connectivity index (χ4n) is 1.03. The Kier molecular flexibility index (Phi) is 3.59. The second kappa shape index (κ2) is 4.60. The van der Waals surface area contributed by atoms with E-state index in [1.807, 2.05) is 0 Å². The van der Waals surface area contributed by atoms with E-state index in [0.29, 0.717) is 6.20 Å². The van der Waals surface area contributed by atoms with Crippen LogP contribution < -0.4 is 4.74 Å². The summed E-state index contributed by atoms with van der Waals surface area (Å²) in [6.07, 6.45) is -8.65. The summed E-state index contributed by atoms with van der Waals surface area (Å²) in [5.41, 5.74) is -2.36. The number of aromatic nitrogens is 1. The van der Waals surface area contributed by atoms with Crippen molar-refractivity contribution in [2.75, 3.05) is 0 Å². The molecule has 0 aliphatic heterocycles. The van der Waals surface area contributed by atoms with Gasteiger partial charge in [-0.3, -0.25) is 4.79 Å². The van der Waals surface area contributed by atoms with Gasteiger partial charge in [-0.05, 0) is 0 Å². The highest BCUT2D eigenvalue weighted by Crippen LogP contribution is 2.35. The molecule has 1 aromatic heterocycles. The Balaban J connectivity index is 3.39. The van der Waals surface area contributed by atoms with E-state index in [9.17, 15) is 31.1 Å². The van der Waals surface area contributed by atoms with Crippen molar-refractivity contribution in [3.8, 4) is 5.75 Å². The van der Waals surface area contributed by atoms with Crippen molar-refractivity contribution in [2.45, 2.75) is 12.8 Å². The topological polar surface area (TPSA) is 39.2 Å². The quantitative estimate of drug-likeness (QED) is 0.476. The highest BCUT2D eigenvalue weighted by Gasteiger charge is 2.36. The van der Waals surface area contributed by atoms with E-state index in [-0.39, 0.29) is 6.29 Å². The predicted molar refractivity (Wildman–Crippen MR) is 41.2 cm³/mol. The molecule has 0 aromatic carbocycles. The Labute approximate surface area is 90.0 Å². The van der Waals surface area contributed by atoms with E-state index in [1.54, 1.807) is 0 Å². The average molecular weight is 259 g/mol. The van der Waals surface area contributed by atoms with Crippen LogP contribution in [0.1, 0.15) is 22.3 Å². The summed E-state index contributed by atoms with van der Waals surface area (Å²) in [6, 6.07) is 0. The van der Waals surface area contributed by atoms with Gasteiger partial charge in [-0.1, -0.05) is 0 Å². The fourth-order valence-corrected chi connectivity index (χ4v) is 1.03. The lowest BCUT2D eigenvalue weighted by Crippen LogP contribution is -2.20. The Bertz CT molecular complexity index is 431. The second-order valence-electron chi connectivity index (χ2n) is 2.71. The van der Waals surface area contributed by atoms with E-state index < -0.39 is 35.6 Å². The number of rotatable bonds is 3. The molecule has 0 spiro atoms. The minimum absolute atomic E-state index is 0.169. The molecule has 0 saturated carbocycles. The van der Waals surface area contributed by atoms with Crippen LogP contribution in [0.25, 0.3) is 0 Å². The van der Waals surface area contributed by atoms with Gasteiger partial charge in [-0.25, -0.2) is 13.8 Å². The SMILES string of the molecule is O=Cc1cnc(F)c(OC(F)(F)F)c1C(F)F. The van der Waals surface area contributed by atoms with Gasteiger partial charge in [0.05, 0.1) is 5.56 Å². The van der Waals surface area contributed by atoms with Gasteiger partial charge in [0.15, 0.2) is 12.0 Å². The molecule has 94 valence electrons. The van der Waals surface area contributed by atoms with Crippen LogP contribution in [0, 0.1) is 5.95 Å². The van der Waals surface area contributed by atoms with E-state index in [0.717, 1.165) is 0 Å². The number of halogens is 6. The van der Waals surface area contributed by atoms with Crippen molar-refractivity contribution < 1.29 is 35.9 Å². The third kappa shape index (κ3) is 3.08. The standard InChI is InChI=1S/C8H3F6NO2/c9-6(10)4-3(2-16)1-15-7(11)5(4)17-8(12,13)14/h1-2,6H. The fraction of sp³-hybridized carbons (Fsp3) is 0.250. The Morgan fingerprint density at radius 2 is 1.94 bits per heavy atom. The van der Waals surface area contributed by atoms with Crippen molar-refractivity contribution in [2.24, 2.45) is 0 Å². The minimum atomic E-state index is -5.37. The molecule has 0 aliphatic carbocycles. The summed E-state index contributed by atoms with van der Waals surface area (Å²) in [5.74, 6) is -3.67. The summed E-state index contributed by atoms with van der Waals surface area (Å²) in [4.78, 5) is 13.0. The summed E-state index contributed by atoms with van der Waals surface area (Å²) >= 11 is 0. The van der Waals surface area contributed by atoms with Gasteiger partial charge in [0.25, 0.3) is 12.4 Å². The summed E-state index contributed by atoms with van der Waals surface area (Å²) in [5, 5.41) is 0. The van der Waals surface area contributed by atoms with E-state index in [2.05, 4.69) is 9.72 Å². The number of aldehydes is 1. The van der Waals surface area contributed by atoms with Gasteiger partial charge in [-0.2, -0.15) is 4.39 Å². The predicted octanol–water partition coefficient (Wildman–Crippen LogP) is 2.87. The van der Waals surface area contributed by atoms with Gasteiger partial charge >= 0.3 is 6.36 Å². The first-order chi connectivity index (χ1) is 7.76. The number of hydrogen-bond donors (Lipinski definition) is 0. The zero-order valence-electron chi connectivity index (χ0n) is 7.76. The minimum Gasteiger partial charge on any atom is -0.400 e. The third-order valence-electron chi connectivity index (χ3n) is 1.62. The molecule has 1 heterocycles. The third-order valence-corrected chi connectivity index (χ3v) is 1.62. The van der Waals surface area contributed by atoms with Crippen LogP contribution >= 0.6 is 0 Å². The second-order valence-corrected chi connectivity index (χ2v) is 2.71. The lowest BCUT2D eigenvalue weighted by molar-refractivity contribution is -0.276. The molecule has 0 N–H and O–H groups in total. The lowest BCUT2D eigenvalue weighted by atomic mass is 10.1. The monoisotopic (exact) mass is 259 g/mol. The van der Waals surface area contributed by atoms with E-state index in [4.69, 9.17) is 0 Å². The Morgan fingerprint density at radius 1 is 1.35 bits per heavy atom. The van der Waals surface area contributed by atoms with Crippen molar-refractivity contribution in [1.82, 2.24) is 4.98 Å². The zero-order chi connectivity index (χ0) is 13.2. The van der Waals surface area contributed by atoms with Crippen LogP contribution in [0.3, 0.4) is 0 Å². The number of nitrogens with zero attached hydrogens (tertiary/aromatic N) is 1. The van der Waals surface area contributed by atoms with E-state index in [1.165, 1.54) is 0 Å². The van der Waals surface area contributed by atoms with Gasteiger partial charge < -0.3 is 4.74 Å². The van der Waals surface area contributed by atoms with Crippen LogP contribution in [0.15, 0.2) is 6.20 Å². The molecular weight excluding hydrogens is 256 g/mol. The molecule has 0 amide bonds. The zero-order valence-corrected chi connectivity index (χ0v) is 7.76. The summed E-state index contributed by atoms with van der Waals surface area (Å²) < 4.78 is 76.4. The molecule has 3 nitrogen and oxygen atoms in total. The Hall–Kier alpha value is -1.80. The molecule has 0 unspecified atom stereocenters. The molecule has 0 aliphatic rings. The van der Waals surface area contributed by atoms with Gasteiger partial charge in [-0.15, -0.1) is 13.2 Å². The lowest BCUT2D eigenvalue weighted by Gasteiger charge is -2.14. The number of ether oxygens (including phenoxy) is 1. The smallest absolute Gasteiger partial charge is 0.400 e. The van der Waals surface area contributed by atoms with Crippen molar-refractivity contribution in [3.63, 3.8) is 0 Å². The molecule has 0 radical (unpaired) electrons. The molecular formula is C8H3F6NO2. The van der Waals surface area contributed by atoms with Crippen LogP contribution in [0.4, 0.5) is 26.3 Å². The molecule has 9 heteroatoms. The van der Waals surface area contributed by atoms with Crippen LogP contribution in [0.5, 0.6) is 5.75 Å². The van der Waals surface area contributed by atoms with Crippen LogP contribution in [0.2, 0.25) is 0 Å². The largest absolute Gasteiger partial charge is 0.573 e. The number of hydrogen-bond acceptors (Lipinski definition) is 3. The van der Waals surface area contributed by atoms with Crippen LogP contribution in [-0.4, -0.2) is 17.6 Å². The highest BCUT2D eigenvalue weighted by molar-refractivity contribution is 5.78. The van der Waals surface area contributed by atoms with Crippen LogP contribution in [-0.2, 0) is 0 Å². The average Bonchev–Trinajstić information content (AvgIpc) is 2.18. The Morgan fingerprint density at radius 3 is 2.35 bits per heavy atom. The maximum Gasteiger partial charge on any atom is 0.573 e. The molecule has 0 fully saturated rings. The van der Waals surface area contributed by atoms with Crippen molar-refractivity contribution in [3.05, 3.63) is 23.3 Å². The van der Waals surface area contributed by atoms with E-state index >= 15 is 0 Å². The number of pyridine rings is 1. The maximum atomic E-state index is 12.9. The first kappa shape index (κ1) is 13.3. The maximum absolute atomic E-state index is 12.9. The molecule has 0 atom stereocenters. The molecule has 17 heavy (non-hydrogen) atoms. The molecule has 0 bridgehead atoms. The summed E-state index contributed by atoms with van der Waals surface area (Å²) in [6.45, 7) is 0. The first-order valence-corrected chi connectivity index (χ1v) is 3.93. The highest BCUT2D eigenvalue weighted by atomic mass is 19.4. The molecule has 1 aromatic rings. The number of carbonyl (C=O) groups excluding carboxylic acids is 1. The number of carbonyl (C=O) groups is 1. The first-order valence-electron chi connectivity index (χ1n) is 3.93. The molecule has 0 saturated heterocycles. The summed E-state index contributed by atoms with van der Waals surface area (Å²) in [7, 11) is 0. The number of alkyl halides is 5. The molecule has 1 rings (SSSR count). The van der Waals surface area contributed by atoms with Gasteiger partial charge in [0, 0.05) is 11.8 Å². The van der Waals surface area contributed by atoms with Crippen molar-refractivity contribution >= 4 is 6.29 Å². The van der Waals surface area contributed by atoms with Gasteiger partial charge in [0.2, 0.25) is 0 Å². The van der Waals surface area contributed by atoms with Crippen molar-refractivity contribution in [1.29, 1.82) is 0 Å². The van der Waals surface area contributed by atoms with Gasteiger partial charge in [0.1, 0.15) is 0 Å². The normalized spacial score (nSPS) is 11.7.